The van der Waals surface area contributed by atoms with Crippen LogP contribution in [0.3, 0.4) is 0 Å². The average molecular weight is 331 g/mol. The van der Waals surface area contributed by atoms with Gasteiger partial charge in [-0.05, 0) is 74.4 Å². The largest absolute Gasteiger partial charge is 0.457 e. The number of ether oxygens (including phenoxy) is 1. The first-order valence-corrected chi connectivity index (χ1v) is 8.24. The van der Waals surface area contributed by atoms with Crippen molar-refractivity contribution in [1.29, 1.82) is 0 Å². The lowest BCUT2D eigenvalue weighted by Gasteiger charge is -2.11. The molecular formula is C22H21NO2. The van der Waals surface area contributed by atoms with Gasteiger partial charge >= 0.3 is 0 Å². The summed E-state index contributed by atoms with van der Waals surface area (Å²) in [5.74, 6) is 1.46. The van der Waals surface area contributed by atoms with Gasteiger partial charge < -0.3 is 10.1 Å². The van der Waals surface area contributed by atoms with Crippen molar-refractivity contribution >= 4 is 11.6 Å². The summed E-state index contributed by atoms with van der Waals surface area (Å²) in [6.45, 7) is 6.05. The molecule has 3 aromatic carbocycles. The minimum absolute atomic E-state index is 0.122. The molecule has 126 valence electrons. The van der Waals surface area contributed by atoms with Crippen molar-refractivity contribution in [2.45, 2.75) is 20.8 Å². The number of hydrogen-bond acceptors (Lipinski definition) is 2. The zero-order chi connectivity index (χ0) is 17.8. The Balaban J connectivity index is 1.68. The molecule has 1 N–H and O–H groups in total. The number of nitrogens with one attached hydrogen (secondary N) is 1. The van der Waals surface area contributed by atoms with E-state index in [1.54, 1.807) is 0 Å². The van der Waals surface area contributed by atoms with E-state index in [9.17, 15) is 4.79 Å². The van der Waals surface area contributed by atoms with Gasteiger partial charge in [0.1, 0.15) is 11.5 Å². The van der Waals surface area contributed by atoms with E-state index in [1.807, 2.05) is 81.4 Å². The number of amides is 1. The highest BCUT2D eigenvalue weighted by Crippen LogP contribution is 2.27. The first-order valence-electron chi connectivity index (χ1n) is 8.24. The van der Waals surface area contributed by atoms with Crippen LogP contribution in [0.25, 0.3) is 0 Å². The fourth-order valence-electron chi connectivity index (χ4n) is 2.46. The van der Waals surface area contributed by atoms with E-state index >= 15 is 0 Å². The van der Waals surface area contributed by atoms with Crippen LogP contribution in [0.2, 0.25) is 0 Å². The van der Waals surface area contributed by atoms with Gasteiger partial charge in [0.15, 0.2) is 0 Å². The highest BCUT2D eigenvalue weighted by Gasteiger charge is 2.06. The van der Waals surface area contributed by atoms with Gasteiger partial charge in [-0.15, -0.1) is 0 Å². The van der Waals surface area contributed by atoms with Crippen LogP contribution in [-0.4, -0.2) is 5.91 Å². The first kappa shape index (κ1) is 16.8. The van der Waals surface area contributed by atoms with E-state index in [1.165, 1.54) is 0 Å². The highest BCUT2D eigenvalue weighted by molar-refractivity contribution is 6.04. The zero-order valence-electron chi connectivity index (χ0n) is 14.7. The maximum absolute atomic E-state index is 12.2. The van der Waals surface area contributed by atoms with Crippen LogP contribution in [0.1, 0.15) is 27.0 Å². The molecule has 0 fully saturated rings. The van der Waals surface area contributed by atoms with Crippen LogP contribution in [0, 0.1) is 20.8 Å². The van der Waals surface area contributed by atoms with E-state index in [-0.39, 0.29) is 5.91 Å². The molecule has 0 aliphatic heterocycles. The van der Waals surface area contributed by atoms with Crippen LogP contribution < -0.4 is 10.1 Å². The number of carbonyl (C=O) groups is 1. The summed E-state index contributed by atoms with van der Waals surface area (Å²) in [5.41, 5.74) is 4.75. The van der Waals surface area contributed by atoms with Gasteiger partial charge in [0.2, 0.25) is 0 Å². The Hall–Kier alpha value is -3.07. The van der Waals surface area contributed by atoms with Crippen molar-refractivity contribution in [2.24, 2.45) is 0 Å². The average Bonchev–Trinajstić information content (AvgIpc) is 2.60. The third-order valence-corrected chi connectivity index (χ3v) is 4.00. The molecule has 0 radical (unpaired) electrons. The van der Waals surface area contributed by atoms with E-state index in [0.29, 0.717) is 5.56 Å². The summed E-state index contributed by atoms with van der Waals surface area (Å²) < 4.78 is 5.94. The van der Waals surface area contributed by atoms with Crippen molar-refractivity contribution in [1.82, 2.24) is 0 Å². The maximum atomic E-state index is 12.2. The van der Waals surface area contributed by atoms with Crippen molar-refractivity contribution in [3.63, 3.8) is 0 Å². The quantitative estimate of drug-likeness (QED) is 0.670. The smallest absolute Gasteiger partial charge is 0.255 e. The Kier molecular flexibility index (Phi) is 4.85. The molecule has 0 saturated carbocycles. The predicted molar refractivity (Wildman–Crippen MR) is 102 cm³/mol. The molecule has 3 nitrogen and oxygen atoms in total. The van der Waals surface area contributed by atoms with Crippen molar-refractivity contribution < 1.29 is 9.53 Å². The number of anilines is 1. The molecule has 3 aromatic rings. The Labute approximate surface area is 148 Å². The van der Waals surface area contributed by atoms with E-state index in [0.717, 1.165) is 33.9 Å². The van der Waals surface area contributed by atoms with Crippen LogP contribution in [0.4, 0.5) is 5.69 Å². The molecule has 25 heavy (non-hydrogen) atoms. The molecule has 0 unspecified atom stereocenters. The second kappa shape index (κ2) is 7.22. The lowest BCUT2D eigenvalue weighted by atomic mass is 10.1. The summed E-state index contributed by atoms with van der Waals surface area (Å²) in [7, 11) is 0. The number of rotatable bonds is 4. The number of carbonyl (C=O) groups excluding carboxylic acids is 1. The van der Waals surface area contributed by atoms with Crippen LogP contribution in [0.15, 0.2) is 66.7 Å². The van der Waals surface area contributed by atoms with Crippen molar-refractivity contribution in [3.05, 3.63) is 89.0 Å². The van der Waals surface area contributed by atoms with E-state index < -0.39 is 0 Å². The Morgan fingerprint density at radius 2 is 1.44 bits per heavy atom. The highest BCUT2D eigenvalue weighted by atomic mass is 16.5. The molecule has 3 rings (SSSR count). The fourth-order valence-corrected chi connectivity index (χ4v) is 2.46. The van der Waals surface area contributed by atoms with Gasteiger partial charge in [-0.2, -0.15) is 0 Å². The predicted octanol–water partition coefficient (Wildman–Crippen LogP) is 5.66. The molecular weight excluding hydrogens is 310 g/mol. The molecule has 0 heterocycles. The van der Waals surface area contributed by atoms with Gasteiger partial charge in [0.25, 0.3) is 5.91 Å². The summed E-state index contributed by atoms with van der Waals surface area (Å²) in [6, 6.07) is 21.0. The minimum atomic E-state index is -0.122. The SMILES string of the molecule is Cc1ccc(C(=O)Nc2ccc(Oc3cc(C)ccc3C)cc2)cc1. The number of benzene rings is 3. The summed E-state index contributed by atoms with van der Waals surface area (Å²) in [6.07, 6.45) is 0. The third-order valence-electron chi connectivity index (χ3n) is 4.00. The van der Waals surface area contributed by atoms with Crippen molar-refractivity contribution in [2.75, 3.05) is 5.32 Å². The van der Waals surface area contributed by atoms with Gasteiger partial charge in [-0.1, -0.05) is 29.8 Å². The Morgan fingerprint density at radius 3 is 2.12 bits per heavy atom. The number of aryl methyl sites for hydroxylation is 3. The Bertz CT molecular complexity index is 881. The Morgan fingerprint density at radius 1 is 0.800 bits per heavy atom. The second-order valence-corrected chi connectivity index (χ2v) is 6.22. The monoisotopic (exact) mass is 331 g/mol. The first-order chi connectivity index (χ1) is 12.0. The normalized spacial score (nSPS) is 10.4. The molecule has 0 bridgehead atoms. The second-order valence-electron chi connectivity index (χ2n) is 6.22. The zero-order valence-corrected chi connectivity index (χ0v) is 14.7. The summed E-state index contributed by atoms with van der Waals surface area (Å²) >= 11 is 0. The van der Waals surface area contributed by atoms with Crippen LogP contribution in [-0.2, 0) is 0 Å². The topological polar surface area (TPSA) is 38.3 Å². The van der Waals surface area contributed by atoms with Crippen LogP contribution >= 0.6 is 0 Å². The molecule has 0 saturated heterocycles. The lowest BCUT2D eigenvalue weighted by Crippen LogP contribution is -2.11. The van der Waals surface area contributed by atoms with Gasteiger partial charge in [-0.25, -0.2) is 0 Å². The molecule has 0 aliphatic rings. The van der Waals surface area contributed by atoms with Crippen LogP contribution in [0.5, 0.6) is 11.5 Å². The summed E-state index contributed by atoms with van der Waals surface area (Å²) in [4.78, 5) is 12.2. The lowest BCUT2D eigenvalue weighted by molar-refractivity contribution is 0.102. The third kappa shape index (κ3) is 4.27. The van der Waals surface area contributed by atoms with Crippen molar-refractivity contribution in [3.8, 4) is 11.5 Å². The summed E-state index contributed by atoms with van der Waals surface area (Å²) in [5, 5.41) is 2.89. The maximum Gasteiger partial charge on any atom is 0.255 e. The molecule has 3 heteroatoms. The van der Waals surface area contributed by atoms with Gasteiger partial charge in [0.05, 0.1) is 0 Å². The van der Waals surface area contributed by atoms with E-state index in [4.69, 9.17) is 4.74 Å². The standard InChI is InChI=1S/C22H21NO2/c1-15-5-8-18(9-6-15)22(24)23-19-10-12-20(13-11-19)25-21-14-16(2)4-7-17(21)3/h4-14H,1-3H3,(H,23,24). The van der Waals surface area contributed by atoms with Gasteiger partial charge in [-0.3, -0.25) is 4.79 Å². The molecule has 0 spiro atoms. The van der Waals surface area contributed by atoms with Gasteiger partial charge in [0, 0.05) is 11.3 Å². The number of hydrogen-bond donors (Lipinski definition) is 1. The molecule has 0 atom stereocenters. The fraction of sp³-hybridized carbons (Fsp3) is 0.136. The minimum Gasteiger partial charge on any atom is -0.457 e. The molecule has 0 aliphatic carbocycles. The molecule has 0 aromatic heterocycles. The molecule has 1 amide bonds. The van der Waals surface area contributed by atoms with E-state index in [2.05, 4.69) is 11.4 Å².